The Hall–Kier alpha value is -2.47. The largest absolute Gasteiger partial charge is 0.495 e. The van der Waals surface area contributed by atoms with Crippen molar-refractivity contribution in [2.24, 2.45) is 0 Å². The summed E-state index contributed by atoms with van der Waals surface area (Å²) in [6, 6.07) is 11.0. The predicted octanol–water partition coefficient (Wildman–Crippen LogP) is 8.00. The SMILES string of the molecule is COc1ccc(-n2c(I)nc3ccc(-c4cc(C(F)(F)F)cc(C(F)(F)F)c4)cc32)cc1Cl. The Bertz CT molecular complexity index is 1330. The predicted molar refractivity (Wildman–Crippen MR) is 121 cm³/mol. The van der Waals surface area contributed by atoms with E-state index in [1.54, 1.807) is 28.8 Å². The summed E-state index contributed by atoms with van der Waals surface area (Å²) < 4.78 is 87.1. The third-order valence-electron chi connectivity index (χ3n) is 4.93. The standard InChI is InChI=1S/C22H12ClF6IN2O/c1-33-19-5-3-15(10-16(19)23)32-18-8-11(2-4-17(18)31-20(32)30)12-6-13(21(24,25)26)9-14(7-12)22(27,28)29/h2-10H,1H3. The Morgan fingerprint density at radius 3 is 2.03 bits per heavy atom. The van der Waals surface area contributed by atoms with Gasteiger partial charge in [-0.15, -0.1) is 0 Å². The topological polar surface area (TPSA) is 27.1 Å². The maximum Gasteiger partial charge on any atom is 0.416 e. The normalized spacial score (nSPS) is 12.4. The average molecular weight is 597 g/mol. The number of halogens is 8. The van der Waals surface area contributed by atoms with E-state index in [2.05, 4.69) is 4.98 Å². The molecule has 0 aliphatic heterocycles. The number of hydrogen-bond donors (Lipinski definition) is 0. The lowest BCUT2D eigenvalue weighted by Gasteiger charge is -2.15. The van der Waals surface area contributed by atoms with Crippen molar-refractivity contribution in [3.8, 4) is 22.6 Å². The Morgan fingerprint density at radius 2 is 1.48 bits per heavy atom. The molecule has 4 rings (SSSR count). The van der Waals surface area contributed by atoms with Gasteiger partial charge in [0.1, 0.15) is 5.75 Å². The van der Waals surface area contributed by atoms with Crippen LogP contribution in [0.25, 0.3) is 27.8 Å². The van der Waals surface area contributed by atoms with Crippen molar-refractivity contribution >= 4 is 45.2 Å². The average Bonchev–Trinajstić information content (AvgIpc) is 3.07. The maximum atomic E-state index is 13.3. The van der Waals surface area contributed by atoms with E-state index in [9.17, 15) is 26.3 Å². The molecule has 1 aromatic heterocycles. The number of methoxy groups -OCH3 is 1. The van der Waals surface area contributed by atoms with Gasteiger partial charge in [-0.25, -0.2) is 4.98 Å². The molecular formula is C22H12ClF6IN2O. The fourth-order valence-electron chi connectivity index (χ4n) is 3.39. The highest BCUT2D eigenvalue weighted by Crippen LogP contribution is 2.39. The van der Waals surface area contributed by atoms with E-state index in [4.69, 9.17) is 16.3 Å². The van der Waals surface area contributed by atoms with E-state index in [0.717, 1.165) is 0 Å². The van der Waals surface area contributed by atoms with Crippen LogP contribution in [0.3, 0.4) is 0 Å². The molecule has 4 aromatic rings. The number of fused-ring (bicyclic) bond motifs is 1. The van der Waals surface area contributed by atoms with E-state index in [1.807, 2.05) is 22.6 Å². The monoisotopic (exact) mass is 596 g/mol. The maximum absolute atomic E-state index is 13.3. The molecule has 0 spiro atoms. The van der Waals surface area contributed by atoms with Gasteiger partial charge in [-0.1, -0.05) is 17.7 Å². The molecule has 3 nitrogen and oxygen atoms in total. The first kappa shape index (κ1) is 23.7. The molecule has 3 aromatic carbocycles. The first-order valence-electron chi connectivity index (χ1n) is 9.20. The number of rotatable bonds is 3. The van der Waals surface area contributed by atoms with Gasteiger partial charge >= 0.3 is 12.4 Å². The zero-order chi connectivity index (χ0) is 24.1. The van der Waals surface area contributed by atoms with Crippen LogP contribution < -0.4 is 4.74 Å². The van der Waals surface area contributed by atoms with E-state index >= 15 is 0 Å². The molecule has 0 atom stereocenters. The molecule has 172 valence electrons. The quantitative estimate of drug-likeness (QED) is 0.177. The zero-order valence-corrected chi connectivity index (χ0v) is 19.4. The first-order valence-corrected chi connectivity index (χ1v) is 10.7. The summed E-state index contributed by atoms with van der Waals surface area (Å²) in [5.74, 6) is 0.448. The second kappa shape index (κ2) is 8.39. The first-order chi connectivity index (χ1) is 15.4. The Morgan fingerprint density at radius 1 is 0.848 bits per heavy atom. The van der Waals surface area contributed by atoms with E-state index in [1.165, 1.54) is 19.2 Å². The number of alkyl halides is 6. The summed E-state index contributed by atoms with van der Waals surface area (Å²) >= 11 is 8.21. The van der Waals surface area contributed by atoms with Crippen LogP contribution in [0.1, 0.15) is 11.1 Å². The van der Waals surface area contributed by atoms with Crippen LogP contribution in [0, 0.1) is 3.83 Å². The van der Waals surface area contributed by atoms with Crippen LogP contribution in [-0.2, 0) is 12.4 Å². The summed E-state index contributed by atoms with van der Waals surface area (Å²) in [6.45, 7) is 0. The molecule has 0 N–H and O–H groups in total. The van der Waals surface area contributed by atoms with Crippen molar-refractivity contribution in [2.45, 2.75) is 12.4 Å². The van der Waals surface area contributed by atoms with Crippen molar-refractivity contribution in [1.29, 1.82) is 0 Å². The second-order valence-electron chi connectivity index (χ2n) is 7.03. The van der Waals surface area contributed by atoms with Crippen LogP contribution in [0.5, 0.6) is 5.75 Å². The number of benzene rings is 3. The number of imidazole rings is 1. The van der Waals surface area contributed by atoms with Gasteiger partial charge in [-0.3, -0.25) is 4.57 Å². The van der Waals surface area contributed by atoms with Gasteiger partial charge in [0.25, 0.3) is 0 Å². The van der Waals surface area contributed by atoms with Gasteiger partial charge in [-0.05, 0) is 59.7 Å². The lowest BCUT2D eigenvalue weighted by molar-refractivity contribution is -0.143. The van der Waals surface area contributed by atoms with Gasteiger partial charge in [0.05, 0.1) is 34.3 Å². The van der Waals surface area contributed by atoms with Crippen LogP contribution in [-0.4, -0.2) is 16.7 Å². The molecule has 0 fully saturated rings. The Balaban J connectivity index is 1.92. The van der Waals surface area contributed by atoms with Crippen molar-refractivity contribution < 1.29 is 31.1 Å². The van der Waals surface area contributed by atoms with Gasteiger partial charge in [0.15, 0.2) is 3.83 Å². The second-order valence-corrected chi connectivity index (χ2v) is 8.41. The molecule has 0 unspecified atom stereocenters. The molecule has 0 aliphatic rings. The number of hydrogen-bond acceptors (Lipinski definition) is 2. The minimum Gasteiger partial charge on any atom is -0.495 e. The number of aromatic nitrogens is 2. The molecule has 0 saturated carbocycles. The molecule has 11 heteroatoms. The van der Waals surface area contributed by atoms with Crippen LogP contribution >= 0.6 is 34.2 Å². The molecule has 0 aliphatic carbocycles. The molecule has 0 saturated heterocycles. The van der Waals surface area contributed by atoms with E-state index in [0.29, 0.717) is 43.5 Å². The minimum atomic E-state index is -4.93. The Kier molecular flexibility index (Phi) is 6.02. The van der Waals surface area contributed by atoms with E-state index < -0.39 is 23.5 Å². The van der Waals surface area contributed by atoms with Gasteiger partial charge in [0, 0.05) is 28.3 Å². The third kappa shape index (κ3) is 4.63. The van der Waals surface area contributed by atoms with Crippen LogP contribution in [0.4, 0.5) is 26.3 Å². The number of nitrogens with zero attached hydrogens (tertiary/aromatic N) is 2. The lowest BCUT2D eigenvalue weighted by atomic mass is 9.98. The summed E-state index contributed by atoms with van der Waals surface area (Å²) in [5.41, 5.74) is -1.19. The molecule has 0 bridgehead atoms. The minimum absolute atomic E-state index is 0.106. The van der Waals surface area contributed by atoms with Gasteiger partial charge in [-0.2, -0.15) is 26.3 Å². The summed E-state index contributed by atoms with van der Waals surface area (Å²) in [6.07, 6.45) is -9.87. The Labute approximate surface area is 202 Å². The fraction of sp³-hybridized carbons (Fsp3) is 0.136. The smallest absolute Gasteiger partial charge is 0.416 e. The van der Waals surface area contributed by atoms with Crippen LogP contribution in [0.15, 0.2) is 54.6 Å². The lowest BCUT2D eigenvalue weighted by Crippen LogP contribution is -2.11. The zero-order valence-electron chi connectivity index (χ0n) is 16.5. The highest BCUT2D eigenvalue weighted by molar-refractivity contribution is 14.1. The molecular weight excluding hydrogens is 585 g/mol. The van der Waals surface area contributed by atoms with Gasteiger partial charge < -0.3 is 4.74 Å². The van der Waals surface area contributed by atoms with E-state index in [-0.39, 0.29) is 17.2 Å². The highest BCUT2D eigenvalue weighted by atomic mass is 127. The van der Waals surface area contributed by atoms with Crippen molar-refractivity contribution in [3.05, 3.63) is 74.6 Å². The summed E-state index contributed by atoms with van der Waals surface area (Å²) in [7, 11) is 1.47. The highest BCUT2D eigenvalue weighted by Gasteiger charge is 2.37. The molecule has 0 radical (unpaired) electrons. The summed E-state index contributed by atoms with van der Waals surface area (Å²) in [5, 5.41) is 0.330. The third-order valence-corrected chi connectivity index (χ3v) is 5.95. The van der Waals surface area contributed by atoms with Gasteiger partial charge in [0.2, 0.25) is 0 Å². The molecule has 1 heterocycles. The molecule has 0 amide bonds. The fourth-order valence-corrected chi connectivity index (χ4v) is 4.44. The van der Waals surface area contributed by atoms with Crippen molar-refractivity contribution in [1.82, 2.24) is 9.55 Å². The summed E-state index contributed by atoms with van der Waals surface area (Å²) in [4.78, 5) is 4.43. The van der Waals surface area contributed by atoms with Crippen molar-refractivity contribution in [3.63, 3.8) is 0 Å². The number of ether oxygens (including phenoxy) is 1. The molecule has 33 heavy (non-hydrogen) atoms. The van der Waals surface area contributed by atoms with Crippen LogP contribution in [0.2, 0.25) is 5.02 Å². The van der Waals surface area contributed by atoms with Crippen molar-refractivity contribution in [2.75, 3.05) is 7.11 Å².